The standard InChI is InChI=1S/C20H31N3O3/c1-5-23(6-2)19(24)16-10-11-18(15(3)13-16)21-20(25)22(4)14-17-9-7-8-12-26-17/h10-11,13,17H,5-9,12,14H2,1-4H3,(H,21,25). The Kier molecular flexibility index (Phi) is 7.45. The van der Waals surface area contributed by atoms with Crippen LogP contribution in [0, 0.1) is 6.92 Å². The molecule has 2 rings (SSSR count). The van der Waals surface area contributed by atoms with Crippen molar-refractivity contribution in [2.75, 3.05) is 38.6 Å². The van der Waals surface area contributed by atoms with E-state index in [1.807, 2.05) is 26.8 Å². The maximum atomic E-state index is 12.4. The van der Waals surface area contributed by atoms with E-state index in [1.54, 1.807) is 29.0 Å². The van der Waals surface area contributed by atoms with Gasteiger partial charge in [-0.25, -0.2) is 4.79 Å². The van der Waals surface area contributed by atoms with Gasteiger partial charge >= 0.3 is 6.03 Å². The second kappa shape index (κ2) is 9.57. The molecule has 1 heterocycles. The zero-order chi connectivity index (χ0) is 19.1. The number of hydrogen-bond acceptors (Lipinski definition) is 3. The van der Waals surface area contributed by atoms with Crippen molar-refractivity contribution in [3.8, 4) is 0 Å². The van der Waals surface area contributed by atoms with E-state index in [-0.39, 0.29) is 18.0 Å². The Morgan fingerprint density at radius 2 is 1.96 bits per heavy atom. The average molecular weight is 361 g/mol. The van der Waals surface area contributed by atoms with Crippen LogP contribution in [0.2, 0.25) is 0 Å². The molecule has 26 heavy (non-hydrogen) atoms. The third kappa shape index (κ3) is 5.21. The van der Waals surface area contributed by atoms with Crippen LogP contribution >= 0.6 is 0 Å². The first-order valence-electron chi connectivity index (χ1n) is 9.49. The number of likely N-dealkylation sites (N-methyl/N-ethyl adjacent to an activating group) is 1. The fourth-order valence-electron chi connectivity index (χ4n) is 3.18. The number of anilines is 1. The molecule has 0 saturated carbocycles. The first-order valence-corrected chi connectivity index (χ1v) is 9.49. The first-order chi connectivity index (χ1) is 12.5. The molecule has 1 saturated heterocycles. The van der Waals surface area contributed by atoms with E-state index in [2.05, 4.69) is 5.32 Å². The van der Waals surface area contributed by atoms with Gasteiger partial charge in [-0.15, -0.1) is 0 Å². The maximum Gasteiger partial charge on any atom is 0.321 e. The van der Waals surface area contributed by atoms with E-state index in [9.17, 15) is 9.59 Å². The zero-order valence-corrected chi connectivity index (χ0v) is 16.4. The van der Waals surface area contributed by atoms with Crippen LogP contribution in [-0.4, -0.2) is 61.1 Å². The Bertz CT molecular complexity index is 623. The summed E-state index contributed by atoms with van der Waals surface area (Å²) in [5.74, 6) is 0.0162. The van der Waals surface area contributed by atoms with Gasteiger partial charge in [0.05, 0.1) is 6.10 Å². The summed E-state index contributed by atoms with van der Waals surface area (Å²) in [4.78, 5) is 28.3. The summed E-state index contributed by atoms with van der Waals surface area (Å²) in [5.41, 5.74) is 2.24. The number of nitrogens with one attached hydrogen (secondary N) is 1. The number of amides is 3. The number of benzene rings is 1. The molecular formula is C20H31N3O3. The van der Waals surface area contributed by atoms with Crippen LogP contribution in [0.5, 0.6) is 0 Å². The number of ether oxygens (including phenoxy) is 1. The van der Waals surface area contributed by atoms with Crippen molar-refractivity contribution in [3.63, 3.8) is 0 Å². The number of carbonyl (C=O) groups is 2. The molecule has 1 aliphatic rings. The lowest BCUT2D eigenvalue weighted by atomic mass is 10.1. The van der Waals surface area contributed by atoms with E-state index >= 15 is 0 Å². The molecule has 0 spiro atoms. The smallest absolute Gasteiger partial charge is 0.321 e. The molecule has 1 unspecified atom stereocenters. The summed E-state index contributed by atoms with van der Waals surface area (Å²) in [6.45, 7) is 8.56. The lowest BCUT2D eigenvalue weighted by molar-refractivity contribution is 0.00463. The highest BCUT2D eigenvalue weighted by molar-refractivity contribution is 5.96. The monoisotopic (exact) mass is 361 g/mol. The van der Waals surface area contributed by atoms with Crippen molar-refractivity contribution >= 4 is 17.6 Å². The lowest BCUT2D eigenvalue weighted by Gasteiger charge is -2.27. The molecule has 0 bridgehead atoms. The van der Waals surface area contributed by atoms with Gasteiger partial charge < -0.3 is 19.9 Å². The van der Waals surface area contributed by atoms with Crippen molar-refractivity contribution in [2.45, 2.75) is 46.1 Å². The second-order valence-electron chi connectivity index (χ2n) is 6.81. The molecule has 0 aliphatic carbocycles. The van der Waals surface area contributed by atoms with Crippen LogP contribution in [0.1, 0.15) is 49.0 Å². The van der Waals surface area contributed by atoms with E-state index in [0.29, 0.717) is 25.2 Å². The fraction of sp³-hybridized carbons (Fsp3) is 0.600. The number of rotatable bonds is 6. The van der Waals surface area contributed by atoms with Crippen LogP contribution in [0.25, 0.3) is 0 Å². The topological polar surface area (TPSA) is 61.9 Å². The number of aryl methyl sites for hydroxylation is 1. The minimum Gasteiger partial charge on any atom is -0.376 e. The molecule has 6 nitrogen and oxygen atoms in total. The van der Waals surface area contributed by atoms with Gasteiger partial charge in [0.2, 0.25) is 0 Å². The van der Waals surface area contributed by atoms with E-state index in [1.165, 1.54) is 0 Å². The van der Waals surface area contributed by atoms with E-state index < -0.39 is 0 Å². The van der Waals surface area contributed by atoms with Gasteiger partial charge in [0.15, 0.2) is 0 Å². The quantitative estimate of drug-likeness (QED) is 0.843. The molecule has 144 valence electrons. The Morgan fingerprint density at radius 3 is 2.54 bits per heavy atom. The summed E-state index contributed by atoms with van der Waals surface area (Å²) in [5, 5.41) is 2.93. The highest BCUT2D eigenvalue weighted by Crippen LogP contribution is 2.19. The molecular weight excluding hydrogens is 330 g/mol. The van der Waals surface area contributed by atoms with Gasteiger partial charge in [-0.1, -0.05) is 0 Å². The lowest BCUT2D eigenvalue weighted by Crippen LogP contribution is -2.39. The predicted octanol–water partition coefficient (Wildman–Crippen LogP) is 3.51. The molecule has 1 aliphatic heterocycles. The van der Waals surface area contributed by atoms with Crippen molar-refractivity contribution in [1.82, 2.24) is 9.80 Å². The molecule has 1 fully saturated rings. The normalized spacial score (nSPS) is 16.8. The minimum absolute atomic E-state index is 0.0162. The summed E-state index contributed by atoms with van der Waals surface area (Å²) in [7, 11) is 1.78. The van der Waals surface area contributed by atoms with Gasteiger partial charge in [-0.05, 0) is 63.8 Å². The summed E-state index contributed by atoms with van der Waals surface area (Å²) in [6.07, 6.45) is 3.37. The van der Waals surface area contributed by atoms with Crippen molar-refractivity contribution in [2.24, 2.45) is 0 Å². The average Bonchev–Trinajstić information content (AvgIpc) is 2.65. The Balaban J connectivity index is 1.98. The van der Waals surface area contributed by atoms with Gasteiger partial charge in [-0.2, -0.15) is 0 Å². The van der Waals surface area contributed by atoms with Gasteiger partial charge in [0.1, 0.15) is 0 Å². The second-order valence-corrected chi connectivity index (χ2v) is 6.81. The number of carbonyl (C=O) groups excluding carboxylic acids is 2. The van der Waals surface area contributed by atoms with Crippen LogP contribution < -0.4 is 5.32 Å². The molecule has 3 amide bonds. The van der Waals surface area contributed by atoms with Gasteiger partial charge in [0.25, 0.3) is 5.91 Å². The van der Waals surface area contributed by atoms with Gasteiger partial charge in [0, 0.05) is 44.5 Å². The van der Waals surface area contributed by atoms with Crippen molar-refractivity contribution < 1.29 is 14.3 Å². The van der Waals surface area contributed by atoms with Crippen molar-refractivity contribution in [1.29, 1.82) is 0 Å². The van der Waals surface area contributed by atoms with Gasteiger partial charge in [-0.3, -0.25) is 4.79 Å². The third-order valence-electron chi connectivity index (χ3n) is 4.86. The predicted molar refractivity (Wildman–Crippen MR) is 104 cm³/mol. The number of nitrogens with zero attached hydrogens (tertiary/aromatic N) is 2. The summed E-state index contributed by atoms with van der Waals surface area (Å²) < 4.78 is 5.69. The molecule has 1 N–H and O–H groups in total. The molecule has 1 aromatic carbocycles. The highest BCUT2D eigenvalue weighted by Gasteiger charge is 2.19. The first kappa shape index (κ1) is 20.2. The Hall–Kier alpha value is -2.08. The maximum absolute atomic E-state index is 12.4. The van der Waals surface area contributed by atoms with Crippen LogP contribution in [-0.2, 0) is 4.74 Å². The molecule has 0 radical (unpaired) electrons. The minimum atomic E-state index is -0.162. The molecule has 1 aromatic rings. The molecule has 1 atom stereocenters. The summed E-state index contributed by atoms with van der Waals surface area (Å²) in [6, 6.07) is 5.24. The number of urea groups is 1. The zero-order valence-electron chi connectivity index (χ0n) is 16.4. The fourth-order valence-corrected chi connectivity index (χ4v) is 3.18. The van der Waals surface area contributed by atoms with Crippen molar-refractivity contribution in [3.05, 3.63) is 29.3 Å². The Labute approximate surface area is 156 Å². The highest BCUT2D eigenvalue weighted by atomic mass is 16.5. The van der Waals surface area contributed by atoms with E-state index in [4.69, 9.17) is 4.74 Å². The van der Waals surface area contributed by atoms with Crippen LogP contribution in [0.3, 0.4) is 0 Å². The van der Waals surface area contributed by atoms with E-state index in [0.717, 1.165) is 37.1 Å². The largest absolute Gasteiger partial charge is 0.376 e. The Morgan fingerprint density at radius 1 is 1.23 bits per heavy atom. The summed E-state index contributed by atoms with van der Waals surface area (Å²) >= 11 is 0. The molecule has 6 heteroatoms. The number of hydrogen-bond donors (Lipinski definition) is 1. The van der Waals surface area contributed by atoms with Crippen LogP contribution in [0.4, 0.5) is 10.5 Å². The molecule has 0 aromatic heterocycles. The SMILES string of the molecule is CCN(CC)C(=O)c1ccc(NC(=O)N(C)CC2CCCCO2)c(C)c1. The third-order valence-corrected chi connectivity index (χ3v) is 4.86. The van der Waals surface area contributed by atoms with Crippen LogP contribution in [0.15, 0.2) is 18.2 Å².